The minimum absolute atomic E-state index is 0.0764. The van der Waals surface area contributed by atoms with Crippen LogP contribution < -0.4 is 9.47 Å². The average Bonchev–Trinajstić information content (AvgIpc) is 2.61. The summed E-state index contributed by atoms with van der Waals surface area (Å²) in [6.45, 7) is 0.844. The van der Waals surface area contributed by atoms with Crippen molar-refractivity contribution in [1.82, 2.24) is 4.90 Å². The van der Waals surface area contributed by atoms with Crippen molar-refractivity contribution < 1.29 is 19.7 Å². The Labute approximate surface area is 160 Å². The molecule has 0 spiro atoms. The summed E-state index contributed by atoms with van der Waals surface area (Å²) in [5, 5.41) is 24.3. The lowest BCUT2D eigenvalue weighted by molar-refractivity contribution is 0.374. The van der Waals surface area contributed by atoms with Crippen LogP contribution in [0.1, 0.15) is 5.56 Å². The van der Waals surface area contributed by atoms with Gasteiger partial charge in [-0.05, 0) is 70.3 Å². The van der Waals surface area contributed by atoms with Crippen molar-refractivity contribution >= 4 is 37.5 Å². The zero-order valence-corrected chi connectivity index (χ0v) is 16.8. The molecule has 0 saturated carbocycles. The predicted octanol–water partition coefficient (Wildman–Crippen LogP) is 4.29. The highest BCUT2D eigenvalue weighted by atomic mass is 79.9. The molecule has 0 aliphatic carbocycles. The first kappa shape index (κ1) is 18.6. The van der Waals surface area contributed by atoms with Gasteiger partial charge in [-0.2, -0.15) is 0 Å². The molecule has 0 unspecified atom stereocenters. The third kappa shape index (κ3) is 3.04. The molecule has 0 aromatic heterocycles. The topological polar surface area (TPSA) is 62.2 Å². The first-order valence-electron chi connectivity index (χ1n) is 8.24. The highest BCUT2D eigenvalue weighted by molar-refractivity contribution is 9.10. The van der Waals surface area contributed by atoms with Gasteiger partial charge in [0.15, 0.2) is 23.0 Å². The monoisotopic (exact) mass is 419 g/mol. The van der Waals surface area contributed by atoms with Gasteiger partial charge >= 0.3 is 0 Å². The fourth-order valence-electron chi connectivity index (χ4n) is 3.26. The van der Waals surface area contributed by atoms with Crippen molar-refractivity contribution in [2.45, 2.75) is 6.42 Å². The molecule has 0 atom stereocenters. The van der Waals surface area contributed by atoms with Crippen molar-refractivity contribution in [3.05, 3.63) is 34.3 Å². The van der Waals surface area contributed by atoms with Gasteiger partial charge in [-0.1, -0.05) is 12.1 Å². The van der Waals surface area contributed by atoms with Crippen LogP contribution in [0.5, 0.6) is 23.0 Å². The van der Waals surface area contributed by atoms with Crippen LogP contribution in [-0.2, 0) is 6.42 Å². The fourth-order valence-corrected chi connectivity index (χ4v) is 3.85. The number of hydrogen-bond acceptors (Lipinski definition) is 5. The maximum Gasteiger partial charge on any atom is 0.173 e. The van der Waals surface area contributed by atoms with E-state index in [0.29, 0.717) is 16.0 Å². The molecule has 0 aliphatic heterocycles. The van der Waals surface area contributed by atoms with Crippen LogP contribution >= 0.6 is 15.9 Å². The molecule has 0 fully saturated rings. The molecule has 138 valence electrons. The Morgan fingerprint density at radius 1 is 1.04 bits per heavy atom. The number of phenolic OH excluding ortho intramolecular Hbond substituents is 2. The number of ether oxygens (including phenoxy) is 2. The van der Waals surface area contributed by atoms with E-state index in [1.807, 2.05) is 26.2 Å². The van der Waals surface area contributed by atoms with E-state index in [-0.39, 0.29) is 11.5 Å². The van der Waals surface area contributed by atoms with E-state index in [9.17, 15) is 10.2 Å². The maximum atomic E-state index is 10.7. The van der Waals surface area contributed by atoms with Crippen molar-refractivity contribution in [3.63, 3.8) is 0 Å². The van der Waals surface area contributed by atoms with Crippen LogP contribution in [0.25, 0.3) is 21.5 Å². The number of halogens is 1. The third-order valence-electron chi connectivity index (χ3n) is 4.57. The number of fused-ring (bicyclic) bond motifs is 3. The van der Waals surface area contributed by atoms with Gasteiger partial charge in [-0.3, -0.25) is 0 Å². The lowest BCUT2D eigenvalue weighted by Gasteiger charge is -2.19. The molecule has 0 radical (unpaired) electrons. The summed E-state index contributed by atoms with van der Waals surface area (Å²) in [6.07, 6.45) is 0.766. The molecule has 26 heavy (non-hydrogen) atoms. The molecule has 2 N–H and O–H groups in total. The van der Waals surface area contributed by atoms with E-state index in [0.717, 1.165) is 40.1 Å². The van der Waals surface area contributed by atoms with Crippen LogP contribution in [0, 0.1) is 0 Å². The van der Waals surface area contributed by atoms with E-state index in [1.165, 1.54) is 14.2 Å². The van der Waals surface area contributed by atoms with E-state index < -0.39 is 0 Å². The van der Waals surface area contributed by atoms with E-state index in [2.05, 4.69) is 20.8 Å². The number of nitrogens with zero attached hydrogens (tertiary/aromatic N) is 1. The summed E-state index contributed by atoms with van der Waals surface area (Å²) in [5.41, 5.74) is 1.01. The molecule has 0 aliphatic rings. The van der Waals surface area contributed by atoms with Crippen LogP contribution in [0.15, 0.2) is 28.7 Å². The summed E-state index contributed by atoms with van der Waals surface area (Å²) in [4.78, 5) is 2.10. The molecular formula is C20H22BrNO4. The molecule has 0 heterocycles. The number of methoxy groups -OCH3 is 2. The molecule has 3 aromatic carbocycles. The second kappa shape index (κ2) is 7.21. The highest BCUT2D eigenvalue weighted by Crippen LogP contribution is 2.48. The normalized spacial score (nSPS) is 11.5. The van der Waals surface area contributed by atoms with Crippen LogP contribution in [0.3, 0.4) is 0 Å². The SMILES string of the molecule is COc1cc2c(ccc3c(CCN(C)C)c(Br)c(O)c(OC)c32)cc1O. The molecule has 3 aromatic rings. The predicted molar refractivity (Wildman–Crippen MR) is 108 cm³/mol. The van der Waals surface area contributed by atoms with Crippen molar-refractivity contribution in [2.75, 3.05) is 34.9 Å². The molecule has 0 amide bonds. The van der Waals surface area contributed by atoms with E-state index in [1.54, 1.807) is 12.1 Å². The van der Waals surface area contributed by atoms with Crippen LogP contribution in [0.2, 0.25) is 0 Å². The van der Waals surface area contributed by atoms with Gasteiger partial charge in [0.05, 0.1) is 18.7 Å². The molecule has 3 rings (SSSR count). The van der Waals surface area contributed by atoms with Crippen molar-refractivity contribution in [1.29, 1.82) is 0 Å². The number of rotatable bonds is 5. The zero-order chi connectivity index (χ0) is 19.0. The van der Waals surface area contributed by atoms with Crippen LogP contribution in [-0.4, -0.2) is 50.0 Å². The fraction of sp³-hybridized carbons (Fsp3) is 0.300. The minimum Gasteiger partial charge on any atom is -0.504 e. The van der Waals surface area contributed by atoms with Gasteiger partial charge in [0.25, 0.3) is 0 Å². The summed E-state index contributed by atoms with van der Waals surface area (Å²) in [5.74, 6) is 0.934. The van der Waals surface area contributed by atoms with Gasteiger partial charge in [-0.15, -0.1) is 0 Å². The Morgan fingerprint density at radius 2 is 1.77 bits per heavy atom. The number of likely N-dealkylation sites (N-methyl/N-ethyl adjacent to an activating group) is 1. The van der Waals surface area contributed by atoms with Gasteiger partial charge in [0.1, 0.15) is 0 Å². The molecule has 0 bridgehead atoms. The summed E-state index contributed by atoms with van der Waals surface area (Å²) >= 11 is 3.53. The Bertz CT molecular complexity index is 985. The number of phenols is 2. The molecule has 5 nitrogen and oxygen atoms in total. The standard InChI is InChI=1S/C20H22BrNO4/c1-22(2)8-7-13-12-6-5-11-9-15(23)16(25-3)10-14(11)17(12)20(26-4)19(24)18(13)21/h5-6,9-10,23-24H,7-8H2,1-4H3. The zero-order valence-electron chi connectivity index (χ0n) is 15.3. The minimum atomic E-state index is 0.0764. The first-order chi connectivity index (χ1) is 12.4. The lowest BCUT2D eigenvalue weighted by Crippen LogP contribution is -2.15. The second-order valence-corrected chi connectivity index (χ2v) is 7.25. The quantitative estimate of drug-likeness (QED) is 0.604. The second-order valence-electron chi connectivity index (χ2n) is 6.46. The third-order valence-corrected chi connectivity index (χ3v) is 5.43. The highest BCUT2D eigenvalue weighted by Gasteiger charge is 2.21. The van der Waals surface area contributed by atoms with Crippen LogP contribution in [0.4, 0.5) is 0 Å². The Balaban J connectivity index is 2.43. The lowest BCUT2D eigenvalue weighted by atomic mass is 9.95. The molecular weight excluding hydrogens is 398 g/mol. The number of benzene rings is 3. The Morgan fingerprint density at radius 3 is 2.38 bits per heavy atom. The summed E-state index contributed by atoms with van der Waals surface area (Å²) < 4.78 is 11.5. The van der Waals surface area contributed by atoms with Crippen molar-refractivity contribution in [3.8, 4) is 23.0 Å². The Kier molecular flexibility index (Phi) is 5.16. The average molecular weight is 420 g/mol. The largest absolute Gasteiger partial charge is 0.504 e. The van der Waals surface area contributed by atoms with Gasteiger partial charge in [0, 0.05) is 11.9 Å². The van der Waals surface area contributed by atoms with E-state index in [4.69, 9.17) is 9.47 Å². The number of hydrogen-bond donors (Lipinski definition) is 2. The number of aromatic hydroxyl groups is 2. The first-order valence-corrected chi connectivity index (χ1v) is 9.03. The summed E-state index contributed by atoms with van der Waals surface area (Å²) in [7, 11) is 7.09. The molecule has 6 heteroatoms. The molecule has 0 saturated heterocycles. The van der Waals surface area contributed by atoms with E-state index >= 15 is 0 Å². The van der Waals surface area contributed by atoms with Gasteiger partial charge in [-0.25, -0.2) is 0 Å². The van der Waals surface area contributed by atoms with Gasteiger partial charge in [0.2, 0.25) is 0 Å². The van der Waals surface area contributed by atoms with Gasteiger partial charge < -0.3 is 24.6 Å². The smallest absolute Gasteiger partial charge is 0.173 e. The van der Waals surface area contributed by atoms with Crippen molar-refractivity contribution in [2.24, 2.45) is 0 Å². The maximum absolute atomic E-state index is 10.7. The Hall–Kier alpha value is -2.18. The summed E-state index contributed by atoms with van der Waals surface area (Å²) in [6, 6.07) is 7.39.